The van der Waals surface area contributed by atoms with Crippen molar-refractivity contribution in [3.05, 3.63) is 36.2 Å². The molecule has 4 nitrogen and oxygen atoms in total. The lowest BCUT2D eigenvalue weighted by molar-refractivity contribution is 1.07. The van der Waals surface area contributed by atoms with Crippen molar-refractivity contribution in [1.82, 2.24) is 15.0 Å². The lowest BCUT2D eigenvalue weighted by Crippen LogP contribution is -1.99. The molecule has 1 N–H and O–H groups in total. The Kier molecular flexibility index (Phi) is 3.10. The maximum atomic E-state index is 4.39. The van der Waals surface area contributed by atoms with Crippen LogP contribution in [0.25, 0.3) is 11.5 Å². The summed E-state index contributed by atoms with van der Waals surface area (Å²) in [5, 5.41) is 3.00. The maximum Gasteiger partial charge on any atom is 0.180 e. The predicted molar refractivity (Wildman–Crippen MR) is 64.2 cm³/mol. The topological polar surface area (TPSA) is 50.7 Å². The van der Waals surface area contributed by atoms with E-state index in [1.165, 1.54) is 0 Å². The largest absolute Gasteiger partial charge is 0.373 e. The van der Waals surface area contributed by atoms with Crippen LogP contribution in [-0.4, -0.2) is 22.0 Å². The Bertz CT molecular complexity index is 482. The van der Waals surface area contributed by atoms with Crippen molar-refractivity contribution in [3.63, 3.8) is 0 Å². The first-order valence-corrected chi connectivity index (χ1v) is 5.30. The summed E-state index contributed by atoms with van der Waals surface area (Å²) in [5.74, 6) is 1.47. The van der Waals surface area contributed by atoms with E-state index in [0.717, 1.165) is 23.5 Å². The van der Waals surface area contributed by atoms with Crippen LogP contribution < -0.4 is 5.32 Å². The minimum absolute atomic E-state index is 0.671. The van der Waals surface area contributed by atoms with E-state index >= 15 is 0 Å². The van der Waals surface area contributed by atoms with Gasteiger partial charge >= 0.3 is 0 Å². The van der Waals surface area contributed by atoms with Crippen molar-refractivity contribution in [2.75, 3.05) is 12.4 Å². The fraction of sp³-hybridized carbons (Fsp3) is 0.250. The predicted octanol–water partition coefficient (Wildman–Crippen LogP) is 2.14. The van der Waals surface area contributed by atoms with Gasteiger partial charge in [0.1, 0.15) is 11.5 Å². The summed E-state index contributed by atoms with van der Waals surface area (Å²) >= 11 is 0. The number of anilines is 1. The minimum atomic E-state index is 0.671. The zero-order chi connectivity index (χ0) is 11.4. The summed E-state index contributed by atoms with van der Waals surface area (Å²) in [4.78, 5) is 13.0. The van der Waals surface area contributed by atoms with Crippen molar-refractivity contribution in [2.45, 2.75) is 13.3 Å². The molecule has 0 bridgehead atoms. The van der Waals surface area contributed by atoms with Gasteiger partial charge in [0.25, 0.3) is 0 Å². The molecule has 0 unspecified atom stereocenters. The lowest BCUT2D eigenvalue weighted by atomic mass is 10.1. The third-order valence-electron chi connectivity index (χ3n) is 2.40. The van der Waals surface area contributed by atoms with Crippen LogP contribution in [0.1, 0.15) is 12.5 Å². The molecule has 0 aliphatic carbocycles. The highest BCUT2D eigenvalue weighted by atomic mass is 15.0. The Morgan fingerprint density at radius 1 is 1.19 bits per heavy atom. The smallest absolute Gasteiger partial charge is 0.180 e. The third kappa shape index (κ3) is 2.00. The second-order valence-corrected chi connectivity index (χ2v) is 3.38. The molecule has 0 radical (unpaired) electrons. The Balaban J connectivity index is 2.49. The Morgan fingerprint density at radius 3 is 2.81 bits per heavy atom. The molecule has 0 aliphatic heterocycles. The van der Waals surface area contributed by atoms with E-state index in [2.05, 4.69) is 33.3 Å². The van der Waals surface area contributed by atoms with Crippen LogP contribution >= 0.6 is 0 Å². The highest BCUT2D eigenvalue weighted by Crippen LogP contribution is 2.18. The molecule has 16 heavy (non-hydrogen) atoms. The first-order chi connectivity index (χ1) is 7.85. The maximum absolute atomic E-state index is 4.39. The molecule has 0 aromatic carbocycles. The number of hydrogen-bond donors (Lipinski definition) is 1. The van der Waals surface area contributed by atoms with Gasteiger partial charge in [-0.25, -0.2) is 9.97 Å². The number of nitrogens with zero attached hydrogens (tertiary/aromatic N) is 3. The molecule has 0 amide bonds. The third-order valence-corrected chi connectivity index (χ3v) is 2.40. The van der Waals surface area contributed by atoms with Gasteiger partial charge in [-0.05, 0) is 24.1 Å². The van der Waals surface area contributed by atoms with Crippen LogP contribution in [0.2, 0.25) is 0 Å². The number of nitrogens with one attached hydrogen (secondary N) is 1. The first kappa shape index (κ1) is 10.5. The summed E-state index contributed by atoms with van der Waals surface area (Å²) < 4.78 is 0. The molecule has 2 heterocycles. The molecule has 4 heteroatoms. The van der Waals surface area contributed by atoms with Gasteiger partial charge in [0.2, 0.25) is 0 Å². The van der Waals surface area contributed by atoms with Gasteiger partial charge < -0.3 is 5.32 Å². The van der Waals surface area contributed by atoms with Crippen LogP contribution in [-0.2, 0) is 6.42 Å². The number of aryl methyl sites for hydroxylation is 1. The highest BCUT2D eigenvalue weighted by molar-refractivity contribution is 5.56. The summed E-state index contributed by atoms with van der Waals surface area (Å²) in [6.07, 6.45) is 4.43. The molecule has 0 atom stereocenters. The number of aromatic nitrogens is 3. The van der Waals surface area contributed by atoms with E-state index in [9.17, 15) is 0 Å². The Labute approximate surface area is 94.8 Å². The van der Waals surface area contributed by atoms with Crippen LogP contribution in [0.3, 0.4) is 0 Å². The van der Waals surface area contributed by atoms with E-state index in [4.69, 9.17) is 0 Å². The molecule has 0 fully saturated rings. The molecule has 2 aromatic heterocycles. The Morgan fingerprint density at radius 2 is 2.06 bits per heavy atom. The van der Waals surface area contributed by atoms with Crippen LogP contribution in [0.15, 0.2) is 30.6 Å². The molecule has 0 saturated heterocycles. The monoisotopic (exact) mass is 214 g/mol. The molecule has 0 spiro atoms. The standard InChI is InChI=1S/C12H14N4/c1-3-9-5-4-7-14-11(9)12-15-8-6-10(13-2)16-12/h4-8H,3H2,1-2H3,(H,13,15,16). The SMILES string of the molecule is CCc1cccnc1-c1nccc(NC)n1. The molecule has 82 valence electrons. The summed E-state index contributed by atoms with van der Waals surface area (Å²) in [5.41, 5.74) is 2.03. The average molecular weight is 214 g/mol. The lowest BCUT2D eigenvalue weighted by Gasteiger charge is -2.06. The van der Waals surface area contributed by atoms with Crippen LogP contribution in [0.4, 0.5) is 5.82 Å². The molecule has 2 aromatic rings. The second-order valence-electron chi connectivity index (χ2n) is 3.38. The van der Waals surface area contributed by atoms with Crippen molar-refractivity contribution in [1.29, 1.82) is 0 Å². The number of rotatable bonds is 3. The quantitative estimate of drug-likeness (QED) is 0.850. The first-order valence-electron chi connectivity index (χ1n) is 5.30. The van der Waals surface area contributed by atoms with Gasteiger partial charge in [0.05, 0.1) is 0 Å². The fourth-order valence-electron chi connectivity index (χ4n) is 1.54. The number of hydrogen-bond acceptors (Lipinski definition) is 4. The Hall–Kier alpha value is -1.97. The van der Waals surface area contributed by atoms with Gasteiger partial charge in [-0.1, -0.05) is 13.0 Å². The molecular formula is C12H14N4. The normalized spacial score (nSPS) is 10.1. The summed E-state index contributed by atoms with van der Waals surface area (Å²) in [6, 6.07) is 5.82. The van der Waals surface area contributed by atoms with Gasteiger partial charge in [0, 0.05) is 19.4 Å². The molecule has 0 aliphatic rings. The molecule has 0 saturated carbocycles. The molecular weight excluding hydrogens is 200 g/mol. The summed E-state index contributed by atoms with van der Waals surface area (Å²) in [6.45, 7) is 2.10. The van der Waals surface area contributed by atoms with Crippen molar-refractivity contribution >= 4 is 5.82 Å². The average Bonchev–Trinajstić information content (AvgIpc) is 2.38. The van der Waals surface area contributed by atoms with E-state index in [1.54, 1.807) is 12.4 Å². The van der Waals surface area contributed by atoms with E-state index in [-0.39, 0.29) is 0 Å². The van der Waals surface area contributed by atoms with Gasteiger partial charge in [-0.15, -0.1) is 0 Å². The van der Waals surface area contributed by atoms with Gasteiger partial charge in [-0.3, -0.25) is 4.98 Å². The summed E-state index contributed by atoms with van der Waals surface area (Å²) in [7, 11) is 1.84. The number of pyridine rings is 1. The van der Waals surface area contributed by atoms with Crippen LogP contribution in [0.5, 0.6) is 0 Å². The highest BCUT2D eigenvalue weighted by Gasteiger charge is 2.07. The zero-order valence-electron chi connectivity index (χ0n) is 9.44. The van der Waals surface area contributed by atoms with E-state index < -0.39 is 0 Å². The van der Waals surface area contributed by atoms with Crippen molar-refractivity contribution in [3.8, 4) is 11.5 Å². The van der Waals surface area contributed by atoms with Crippen LogP contribution in [0, 0.1) is 0 Å². The fourth-order valence-corrected chi connectivity index (χ4v) is 1.54. The zero-order valence-corrected chi connectivity index (χ0v) is 9.44. The van der Waals surface area contributed by atoms with E-state index in [1.807, 2.05) is 19.2 Å². The van der Waals surface area contributed by atoms with Crippen molar-refractivity contribution in [2.24, 2.45) is 0 Å². The van der Waals surface area contributed by atoms with Gasteiger partial charge in [-0.2, -0.15) is 0 Å². The minimum Gasteiger partial charge on any atom is -0.373 e. The van der Waals surface area contributed by atoms with E-state index in [0.29, 0.717) is 5.82 Å². The molecule has 2 rings (SSSR count). The second kappa shape index (κ2) is 4.70. The van der Waals surface area contributed by atoms with Crippen molar-refractivity contribution < 1.29 is 0 Å². The van der Waals surface area contributed by atoms with Gasteiger partial charge in [0.15, 0.2) is 5.82 Å².